The fraction of sp³-hybridized carbons (Fsp3) is 0.250. The predicted octanol–water partition coefficient (Wildman–Crippen LogP) is 6.78. The molecule has 2 atom stereocenters. The van der Waals surface area contributed by atoms with Crippen molar-refractivity contribution in [3.8, 4) is 22.3 Å². The maximum atomic E-state index is 14.4. The third-order valence-corrected chi connectivity index (χ3v) is 11.7. The van der Waals surface area contributed by atoms with Gasteiger partial charge >= 0.3 is 0 Å². The molecule has 1 unspecified atom stereocenters. The second-order valence-electron chi connectivity index (χ2n) is 15.3. The molecular formula is C48H50F2N10O4S. The first-order valence-electron chi connectivity index (χ1n) is 20.8. The number of benzene rings is 2. The highest BCUT2D eigenvalue weighted by atomic mass is 32.1. The summed E-state index contributed by atoms with van der Waals surface area (Å²) in [5.74, 6) is -1.83. The predicted molar refractivity (Wildman–Crippen MR) is 249 cm³/mol. The fourth-order valence-electron chi connectivity index (χ4n) is 8.17. The molecule has 17 heteroatoms. The molecule has 2 amide bonds. The first-order chi connectivity index (χ1) is 30.7. The number of hydrogen-bond donors (Lipinski definition) is 2. The van der Waals surface area contributed by atoms with E-state index in [9.17, 15) is 28.0 Å². The molecule has 6 aromatic rings. The molecule has 336 valence electrons. The van der Waals surface area contributed by atoms with Gasteiger partial charge in [-0.25, -0.2) is 20.0 Å². The van der Waals surface area contributed by atoms with Crippen LogP contribution in [0, 0.1) is 11.9 Å². The van der Waals surface area contributed by atoms with Crippen LogP contribution < -0.4 is 11.5 Å². The zero-order valence-electron chi connectivity index (χ0n) is 36.8. The molecule has 2 aromatic carbocycles. The second kappa shape index (κ2) is 18.8. The van der Waals surface area contributed by atoms with Gasteiger partial charge in [0.25, 0.3) is 11.8 Å². The molecule has 0 bridgehead atoms. The molecule has 2 aliphatic rings. The molecule has 6 heterocycles. The van der Waals surface area contributed by atoms with Crippen LogP contribution in [0.4, 0.5) is 8.78 Å². The molecule has 4 N–H and O–H groups in total. The van der Waals surface area contributed by atoms with Crippen molar-refractivity contribution in [3.63, 3.8) is 0 Å². The number of guanidine groups is 2. The van der Waals surface area contributed by atoms with E-state index in [4.69, 9.17) is 11.5 Å². The second-order valence-corrected chi connectivity index (χ2v) is 15.3. The van der Waals surface area contributed by atoms with Gasteiger partial charge in [0.1, 0.15) is 0 Å². The summed E-state index contributed by atoms with van der Waals surface area (Å²) < 4.78 is 32.3. The van der Waals surface area contributed by atoms with Crippen LogP contribution in [0.2, 0.25) is 0 Å². The SMILES string of the molecule is CCC(=O)c1cc(C2(c3cccc(-c4cccnc4F)c3)N=C(N)N(C)C2=O)cn1CC.CCC(=O)c1cc([C@]2(c3cccc(-c4cccnc4F)c3)N=C(N)N(C)C2=O)cn1CC.S. The quantitative estimate of drug-likeness (QED) is 0.0994. The molecule has 8 rings (SSSR count). The number of aromatic nitrogens is 4. The van der Waals surface area contributed by atoms with Gasteiger partial charge in [-0.2, -0.15) is 22.3 Å². The summed E-state index contributed by atoms with van der Waals surface area (Å²) in [6, 6.07) is 23.9. The number of carbonyl (C=O) groups excluding carboxylic acids is 4. The zero-order chi connectivity index (χ0) is 46.1. The van der Waals surface area contributed by atoms with Gasteiger partial charge in [-0.3, -0.25) is 29.0 Å². The Hall–Kier alpha value is -7.27. The number of Topliss-reactive ketones (excluding diaryl/α,β-unsaturated/α-hetero) is 2. The molecule has 65 heavy (non-hydrogen) atoms. The summed E-state index contributed by atoms with van der Waals surface area (Å²) in [5.41, 5.74) is 14.1. The Kier molecular flexibility index (Phi) is 13.7. The average molecular weight is 901 g/mol. The van der Waals surface area contributed by atoms with Gasteiger partial charge in [0.2, 0.25) is 11.9 Å². The van der Waals surface area contributed by atoms with E-state index in [0.29, 0.717) is 81.8 Å². The molecule has 14 nitrogen and oxygen atoms in total. The number of pyridine rings is 2. The van der Waals surface area contributed by atoms with Gasteiger partial charge < -0.3 is 20.6 Å². The Balaban J connectivity index is 0.000000212. The van der Waals surface area contributed by atoms with Crippen LogP contribution in [0.15, 0.2) is 120 Å². The van der Waals surface area contributed by atoms with E-state index in [2.05, 4.69) is 20.0 Å². The average Bonchev–Trinajstić information content (AvgIpc) is 4.07. The molecule has 0 spiro atoms. The minimum atomic E-state index is -1.48. The number of hydrogen-bond acceptors (Lipinski definition) is 10. The summed E-state index contributed by atoms with van der Waals surface area (Å²) in [6.07, 6.45) is 6.98. The first-order valence-corrected chi connectivity index (χ1v) is 20.8. The summed E-state index contributed by atoms with van der Waals surface area (Å²) >= 11 is 0. The van der Waals surface area contributed by atoms with E-state index in [-0.39, 0.29) is 48.8 Å². The van der Waals surface area contributed by atoms with Crippen molar-refractivity contribution in [1.82, 2.24) is 28.9 Å². The van der Waals surface area contributed by atoms with Crippen molar-refractivity contribution in [1.29, 1.82) is 0 Å². The highest BCUT2D eigenvalue weighted by Crippen LogP contribution is 2.43. The molecule has 0 aliphatic carbocycles. The molecule has 0 radical (unpaired) electrons. The molecule has 0 fully saturated rings. The highest BCUT2D eigenvalue weighted by molar-refractivity contribution is 7.59. The molecular weight excluding hydrogens is 851 g/mol. The number of rotatable bonds is 12. The fourth-order valence-corrected chi connectivity index (χ4v) is 8.17. The summed E-state index contributed by atoms with van der Waals surface area (Å²) in [5, 5.41) is 0. The lowest BCUT2D eigenvalue weighted by Crippen LogP contribution is -2.41. The van der Waals surface area contributed by atoms with E-state index >= 15 is 0 Å². The van der Waals surface area contributed by atoms with Crippen molar-refractivity contribution < 1.29 is 28.0 Å². The number of ketones is 2. The van der Waals surface area contributed by atoms with E-state index in [1.807, 2.05) is 23.0 Å². The van der Waals surface area contributed by atoms with Crippen LogP contribution in [0.3, 0.4) is 0 Å². The van der Waals surface area contributed by atoms with Crippen molar-refractivity contribution in [2.75, 3.05) is 14.1 Å². The first kappa shape index (κ1) is 47.2. The van der Waals surface area contributed by atoms with Gasteiger partial charge in [-0.05, 0) is 84.6 Å². The normalized spacial score (nSPS) is 17.9. The Morgan fingerprint density at radius 2 is 0.969 bits per heavy atom. The number of likely N-dealkylation sites (N-methyl/N-ethyl adjacent to an activating group) is 2. The monoisotopic (exact) mass is 900 g/mol. The van der Waals surface area contributed by atoms with Gasteiger partial charge in [-0.15, -0.1) is 0 Å². The van der Waals surface area contributed by atoms with Crippen LogP contribution in [0.5, 0.6) is 0 Å². The van der Waals surface area contributed by atoms with Crippen LogP contribution in [0.1, 0.15) is 83.8 Å². The van der Waals surface area contributed by atoms with E-state index in [1.54, 1.807) is 125 Å². The van der Waals surface area contributed by atoms with Gasteiger partial charge in [0.15, 0.2) is 34.6 Å². The third-order valence-electron chi connectivity index (χ3n) is 11.7. The molecule has 2 aliphatic heterocycles. The Morgan fingerprint density at radius 1 is 0.585 bits per heavy atom. The number of amides is 2. The van der Waals surface area contributed by atoms with Crippen molar-refractivity contribution >= 4 is 48.8 Å². The number of carbonyl (C=O) groups is 4. The van der Waals surface area contributed by atoms with E-state index < -0.39 is 23.0 Å². The smallest absolute Gasteiger partial charge is 0.266 e. The van der Waals surface area contributed by atoms with Crippen LogP contribution in [0.25, 0.3) is 22.3 Å². The van der Waals surface area contributed by atoms with Crippen LogP contribution >= 0.6 is 13.5 Å². The highest BCUT2D eigenvalue weighted by Gasteiger charge is 2.52. The third kappa shape index (κ3) is 8.11. The van der Waals surface area contributed by atoms with Crippen molar-refractivity contribution in [2.24, 2.45) is 21.5 Å². The van der Waals surface area contributed by atoms with Crippen molar-refractivity contribution in [2.45, 2.75) is 64.7 Å². The zero-order valence-corrected chi connectivity index (χ0v) is 37.8. The Morgan fingerprint density at radius 3 is 1.28 bits per heavy atom. The summed E-state index contributed by atoms with van der Waals surface area (Å²) in [6.45, 7) is 8.55. The lowest BCUT2D eigenvalue weighted by atomic mass is 9.83. The lowest BCUT2D eigenvalue weighted by Gasteiger charge is -2.25. The van der Waals surface area contributed by atoms with Gasteiger partial charge in [0, 0.05) is 87.1 Å². The minimum Gasteiger partial charge on any atom is -0.369 e. The van der Waals surface area contributed by atoms with E-state index in [0.717, 1.165) is 0 Å². The standard InChI is InChI=1S/2C24H24FN5O2.H2S/c2*1-4-20(31)19-13-17(14-30(19)5-2)24(22(32)29(3)23(26)28-24)16-9-6-8-15(12-16)18-10-7-11-27-21(18)25;/h2*6-14H,4-5H2,1-3H3,(H2,26,28);1H2/t24-;;/m0../s1. The maximum Gasteiger partial charge on any atom is 0.266 e. The largest absolute Gasteiger partial charge is 0.369 e. The Labute approximate surface area is 382 Å². The summed E-state index contributed by atoms with van der Waals surface area (Å²) in [4.78, 5) is 71.4. The molecule has 0 saturated heterocycles. The number of aliphatic imine (C=N–C) groups is 2. The van der Waals surface area contributed by atoms with Gasteiger partial charge in [0.05, 0.1) is 11.4 Å². The lowest BCUT2D eigenvalue weighted by molar-refractivity contribution is -0.130. The van der Waals surface area contributed by atoms with Gasteiger partial charge in [-0.1, -0.05) is 50.2 Å². The maximum absolute atomic E-state index is 14.4. The molecule has 4 aromatic heterocycles. The van der Waals surface area contributed by atoms with Crippen molar-refractivity contribution in [3.05, 3.63) is 155 Å². The summed E-state index contributed by atoms with van der Waals surface area (Å²) in [7, 11) is 3.12. The topological polar surface area (TPSA) is 187 Å². The number of nitrogens with zero attached hydrogens (tertiary/aromatic N) is 8. The van der Waals surface area contributed by atoms with E-state index in [1.165, 1.54) is 22.2 Å². The van der Waals surface area contributed by atoms with Crippen LogP contribution in [-0.2, 0) is 33.8 Å². The number of halogens is 2. The minimum absolute atomic E-state index is 0. The molecule has 0 saturated carbocycles. The number of aryl methyl sites for hydroxylation is 2. The Bertz CT molecular complexity index is 2700. The number of nitrogens with two attached hydrogens (primary N) is 2. The van der Waals surface area contributed by atoms with Crippen LogP contribution in [-0.4, -0.2) is 78.3 Å².